The molecular formula is C19H19F3LiNO3. The fourth-order valence-electron chi connectivity index (χ4n) is 2.82. The minimum Gasteiger partial charge on any atom is -0.548 e. The zero-order valence-electron chi connectivity index (χ0n) is 15.4. The number of nitrogens with zero attached hydrogens (tertiary/aromatic N) is 1. The maximum atomic E-state index is 13.0. The van der Waals surface area contributed by atoms with E-state index in [1.165, 1.54) is 0 Å². The Morgan fingerprint density at radius 3 is 2.19 bits per heavy atom. The maximum absolute atomic E-state index is 13.0. The Labute approximate surface area is 167 Å². The number of rotatable bonds is 6. The number of aliphatic carboxylic acids is 1. The summed E-state index contributed by atoms with van der Waals surface area (Å²) in [7, 11) is 0. The Kier molecular flexibility index (Phi) is 7.94. The molecule has 140 valence electrons. The largest absolute Gasteiger partial charge is 1.00 e. The van der Waals surface area contributed by atoms with Gasteiger partial charge >= 0.3 is 30.9 Å². The Morgan fingerprint density at radius 1 is 1.07 bits per heavy atom. The van der Waals surface area contributed by atoms with Gasteiger partial charge in [-0.2, -0.15) is 13.2 Å². The van der Waals surface area contributed by atoms with Crippen molar-refractivity contribution in [3.05, 3.63) is 48.0 Å². The number of hydrogen-bond donors (Lipinski definition) is 0. The summed E-state index contributed by atoms with van der Waals surface area (Å²) in [6.45, 7) is 2.87. The molecule has 0 bridgehead atoms. The van der Waals surface area contributed by atoms with Crippen LogP contribution < -0.4 is 24.0 Å². The van der Waals surface area contributed by atoms with Gasteiger partial charge in [0.15, 0.2) is 0 Å². The Hall–Kier alpha value is -1.97. The smallest absolute Gasteiger partial charge is 0.548 e. The van der Waals surface area contributed by atoms with Gasteiger partial charge in [0.25, 0.3) is 0 Å². The first kappa shape index (κ1) is 23.1. The first-order valence-corrected chi connectivity index (χ1v) is 8.16. The van der Waals surface area contributed by atoms with Gasteiger partial charge in [-0.25, -0.2) is 0 Å². The van der Waals surface area contributed by atoms with Crippen molar-refractivity contribution in [2.45, 2.75) is 39.0 Å². The van der Waals surface area contributed by atoms with Crippen LogP contribution in [-0.2, 0) is 16.1 Å². The zero-order valence-corrected chi connectivity index (χ0v) is 15.4. The summed E-state index contributed by atoms with van der Waals surface area (Å²) in [5.41, 5.74) is 0.413. The van der Waals surface area contributed by atoms with Gasteiger partial charge in [-0.15, -0.1) is 0 Å². The van der Waals surface area contributed by atoms with Crippen LogP contribution in [0.2, 0.25) is 0 Å². The summed E-state index contributed by atoms with van der Waals surface area (Å²) in [6.07, 6.45) is -5.29. The molecule has 0 spiro atoms. The molecule has 1 atom stereocenters. The second-order valence-electron chi connectivity index (χ2n) is 6.58. The van der Waals surface area contributed by atoms with Crippen LogP contribution in [-0.4, -0.2) is 29.0 Å². The van der Waals surface area contributed by atoms with Gasteiger partial charge in [0.1, 0.15) is 0 Å². The molecule has 0 aliphatic rings. The maximum Gasteiger partial charge on any atom is 1.00 e. The molecule has 0 radical (unpaired) electrons. The van der Waals surface area contributed by atoms with E-state index in [4.69, 9.17) is 0 Å². The van der Waals surface area contributed by atoms with Crippen molar-refractivity contribution >= 4 is 22.6 Å². The third-order valence-electron chi connectivity index (χ3n) is 4.01. The standard InChI is InChI=1S/C19H20F3NO3.Li/c1-12(2)9-16(17(24)25)23(18(26)19(20,21)22)11-13-7-8-14-5-3-4-6-15(14)10-13;/h3-8,10,12,16H,9,11H2,1-2H3,(H,24,25);/q;+1/p-1/t16-;/m0./s1. The molecule has 2 aromatic rings. The first-order chi connectivity index (χ1) is 12.1. The van der Waals surface area contributed by atoms with Crippen molar-refractivity contribution in [2.24, 2.45) is 5.92 Å². The third kappa shape index (κ3) is 6.01. The van der Waals surface area contributed by atoms with Crippen LogP contribution in [0.3, 0.4) is 0 Å². The third-order valence-corrected chi connectivity index (χ3v) is 4.01. The van der Waals surface area contributed by atoms with Crippen molar-refractivity contribution in [3.8, 4) is 0 Å². The van der Waals surface area contributed by atoms with E-state index in [9.17, 15) is 27.9 Å². The molecule has 27 heavy (non-hydrogen) atoms. The summed E-state index contributed by atoms with van der Waals surface area (Å²) < 4.78 is 39.0. The summed E-state index contributed by atoms with van der Waals surface area (Å²) in [5, 5.41) is 13.1. The number of halogens is 3. The van der Waals surface area contributed by atoms with Crippen LogP contribution >= 0.6 is 0 Å². The molecule has 8 heteroatoms. The number of hydrogen-bond acceptors (Lipinski definition) is 3. The predicted octanol–water partition coefficient (Wildman–Crippen LogP) is -0.101. The Bertz CT molecular complexity index is 808. The van der Waals surface area contributed by atoms with Crippen LogP contribution in [0.25, 0.3) is 10.8 Å². The molecule has 0 saturated carbocycles. The van der Waals surface area contributed by atoms with Crippen LogP contribution in [0.15, 0.2) is 42.5 Å². The minimum absolute atomic E-state index is 0. The summed E-state index contributed by atoms with van der Waals surface area (Å²) in [5.74, 6) is -4.10. The fourth-order valence-corrected chi connectivity index (χ4v) is 2.82. The molecule has 0 unspecified atom stereocenters. The van der Waals surface area contributed by atoms with Crippen LogP contribution in [0.1, 0.15) is 25.8 Å². The van der Waals surface area contributed by atoms with E-state index in [1.807, 2.05) is 12.1 Å². The van der Waals surface area contributed by atoms with Gasteiger partial charge in [-0.1, -0.05) is 50.2 Å². The van der Waals surface area contributed by atoms with E-state index < -0.39 is 30.6 Å². The van der Waals surface area contributed by atoms with E-state index in [1.54, 1.807) is 44.2 Å². The number of carboxylic acid groups (broad SMARTS) is 1. The van der Waals surface area contributed by atoms with Gasteiger partial charge < -0.3 is 14.8 Å². The SMILES string of the molecule is CC(C)C[C@@H](C(=O)[O-])N(Cc1ccc2ccccc2c1)C(=O)C(F)(F)F.[Li+]. The Balaban J connectivity index is 0.00000364. The van der Waals surface area contributed by atoms with E-state index >= 15 is 0 Å². The van der Waals surface area contributed by atoms with Gasteiger partial charge in [0, 0.05) is 6.54 Å². The van der Waals surface area contributed by atoms with Gasteiger partial charge in [0.05, 0.1) is 12.0 Å². The van der Waals surface area contributed by atoms with E-state index in [-0.39, 0.29) is 31.2 Å². The molecule has 4 nitrogen and oxygen atoms in total. The topological polar surface area (TPSA) is 60.4 Å². The molecule has 0 N–H and O–H groups in total. The van der Waals surface area contributed by atoms with E-state index in [2.05, 4.69) is 0 Å². The van der Waals surface area contributed by atoms with Gasteiger partial charge in [0.2, 0.25) is 0 Å². The molecular weight excluding hydrogens is 354 g/mol. The summed E-state index contributed by atoms with van der Waals surface area (Å²) in [6, 6.07) is 10.5. The van der Waals surface area contributed by atoms with Crippen molar-refractivity contribution in [1.29, 1.82) is 0 Å². The Morgan fingerprint density at radius 2 is 1.67 bits per heavy atom. The second-order valence-corrected chi connectivity index (χ2v) is 6.58. The predicted molar refractivity (Wildman–Crippen MR) is 88.8 cm³/mol. The number of alkyl halides is 3. The van der Waals surface area contributed by atoms with Crippen molar-refractivity contribution in [1.82, 2.24) is 4.90 Å². The average molecular weight is 373 g/mol. The number of benzene rings is 2. The molecule has 0 fully saturated rings. The molecule has 0 aliphatic heterocycles. The number of fused-ring (bicyclic) bond motifs is 1. The van der Waals surface area contributed by atoms with Crippen LogP contribution in [0, 0.1) is 5.92 Å². The molecule has 1 amide bonds. The number of carbonyl (C=O) groups is 2. The van der Waals surface area contributed by atoms with Crippen LogP contribution in [0.5, 0.6) is 0 Å². The fraction of sp³-hybridized carbons (Fsp3) is 0.368. The summed E-state index contributed by atoms with van der Waals surface area (Å²) in [4.78, 5) is 23.7. The average Bonchev–Trinajstić information content (AvgIpc) is 2.56. The van der Waals surface area contributed by atoms with Gasteiger partial charge in [-0.3, -0.25) is 4.79 Å². The first-order valence-electron chi connectivity index (χ1n) is 8.16. The van der Waals surface area contributed by atoms with Crippen LogP contribution in [0.4, 0.5) is 13.2 Å². The van der Waals surface area contributed by atoms with Gasteiger partial charge in [-0.05, 0) is 34.7 Å². The van der Waals surface area contributed by atoms with Crippen molar-refractivity contribution in [2.75, 3.05) is 0 Å². The molecule has 0 aromatic heterocycles. The number of amides is 1. The molecule has 0 aliphatic carbocycles. The molecule has 0 heterocycles. The monoisotopic (exact) mass is 373 g/mol. The summed E-state index contributed by atoms with van der Waals surface area (Å²) >= 11 is 0. The van der Waals surface area contributed by atoms with Crippen molar-refractivity contribution < 1.29 is 46.7 Å². The number of carbonyl (C=O) groups excluding carboxylic acids is 2. The quantitative estimate of drug-likeness (QED) is 0.665. The zero-order chi connectivity index (χ0) is 19.5. The number of carboxylic acids is 1. The van der Waals surface area contributed by atoms with E-state index in [0.717, 1.165) is 10.8 Å². The molecule has 2 aromatic carbocycles. The minimum atomic E-state index is -5.17. The van der Waals surface area contributed by atoms with Crippen molar-refractivity contribution in [3.63, 3.8) is 0 Å². The second kappa shape index (κ2) is 9.29. The van der Waals surface area contributed by atoms with E-state index in [0.29, 0.717) is 10.5 Å². The normalized spacial score (nSPS) is 12.5. The molecule has 2 rings (SSSR count). The molecule has 0 saturated heterocycles.